The molecule has 0 heterocycles. The van der Waals surface area contributed by atoms with Crippen LogP contribution < -0.4 is 5.32 Å². The zero-order chi connectivity index (χ0) is 15.5. The molecule has 1 aromatic rings. The van der Waals surface area contributed by atoms with Gasteiger partial charge in [-0.15, -0.1) is 0 Å². The van der Waals surface area contributed by atoms with Crippen LogP contribution in [-0.2, 0) is 6.54 Å². The monoisotopic (exact) mass is 290 g/mol. The minimum absolute atomic E-state index is 0.909. The first-order valence-corrected chi connectivity index (χ1v) is 7.81. The van der Waals surface area contributed by atoms with E-state index >= 15 is 0 Å². The second kappa shape index (κ2) is 10.2. The van der Waals surface area contributed by atoms with Crippen LogP contribution in [0.1, 0.15) is 25.3 Å². The van der Waals surface area contributed by atoms with E-state index in [0.29, 0.717) is 0 Å². The van der Waals surface area contributed by atoms with Gasteiger partial charge in [0.15, 0.2) is 5.96 Å². The maximum Gasteiger partial charge on any atom is 0.193 e. The van der Waals surface area contributed by atoms with Crippen LogP contribution in [-0.4, -0.2) is 56.5 Å². The Morgan fingerprint density at radius 3 is 2.48 bits per heavy atom. The lowest BCUT2D eigenvalue weighted by Gasteiger charge is -2.23. The molecule has 4 heteroatoms. The first kappa shape index (κ1) is 17.5. The van der Waals surface area contributed by atoms with E-state index in [1.54, 1.807) is 0 Å². The molecule has 0 fully saturated rings. The summed E-state index contributed by atoms with van der Waals surface area (Å²) in [5, 5.41) is 3.43. The number of nitrogens with zero attached hydrogens (tertiary/aromatic N) is 3. The molecule has 0 aliphatic heterocycles. The van der Waals surface area contributed by atoms with Gasteiger partial charge in [0.2, 0.25) is 0 Å². The molecule has 21 heavy (non-hydrogen) atoms. The molecular weight excluding hydrogens is 260 g/mol. The molecule has 0 bridgehead atoms. The van der Waals surface area contributed by atoms with Gasteiger partial charge in [0.25, 0.3) is 0 Å². The fraction of sp³-hybridized carbons (Fsp3) is 0.588. The highest BCUT2D eigenvalue weighted by atomic mass is 15.3. The molecule has 0 unspecified atom stereocenters. The number of benzene rings is 1. The maximum absolute atomic E-state index is 4.33. The van der Waals surface area contributed by atoms with Crippen LogP contribution in [0, 0.1) is 0 Å². The fourth-order valence-corrected chi connectivity index (χ4v) is 2.22. The number of nitrogens with one attached hydrogen (secondary N) is 1. The van der Waals surface area contributed by atoms with Crippen molar-refractivity contribution in [1.82, 2.24) is 15.1 Å². The van der Waals surface area contributed by atoms with Gasteiger partial charge in [0.1, 0.15) is 0 Å². The molecule has 0 aliphatic rings. The van der Waals surface area contributed by atoms with Crippen LogP contribution in [0.15, 0.2) is 35.3 Å². The molecule has 0 saturated carbocycles. The quantitative estimate of drug-likeness (QED) is 0.589. The summed E-state index contributed by atoms with van der Waals surface area (Å²) in [4.78, 5) is 8.85. The third kappa shape index (κ3) is 7.14. The Bertz CT molecular complexity index is 403. The van der Waals surface area contributed by atoms with E-state index in [2.05, 4.69) is 71.5 Å². The van der Waals surface area contributed by atoms with Crippen LogP contribution >= 0.6 is 0 Å². The van der Waals surface area contributed by atoms with Crippen LogP contribution in [0.3, 0.4) is 0 Å². The van der Waals surface area contributed by atoms with Crippen LogP contribution in [0.25, 0.3) is 0 Å². The third-order valence-corrected chi connectivity index (χ3v) is 3.49. The van der Waals surface area contributed by atoms with Crippen molar-refractivity contribution in [3.8, 4) is 0 Å². The van der Waals surface area contributed by atoms with Crippen molar-refractivity contribution >= 4 is 5.96 Å². The van der Waals surface area contributed by atoms with E-state index in [-0.39, 0.29) is 0 Å². The molecule has 0 radical (unpaired) electrons. The van der Waals surface area contributed by atoms with E-state index in [4.69, 9.17) is 0 Å². The second-order valence-corrected chi connectivity index (χ2v) is 5.47. The van der Waals surface area contributed by atoms with E-state index in [1.807, 2.05) is 7.05 Å². The van der Waals surface area contributed by atoms with Crippen molar-refractivity contribution in [1.29, 1.82) is 0 Å². The fourth-order valence-electron chi connectivity index (χ4n) is 2.22. The Kier molecular flexibility index (Phi) is 8.51. The average Bonchev–Trinajstić information content (AvgIpc) is 2.50. The molecule has 1 N–H and O–H groups in total. The summed E-state index contributed by atoms with van der Waals surface area (Å²) in [6, 6.07) is 10.6. The van der Waals surface area contributed by atoms with E-state index in [1.165, 1.54) is 18.4 Å². The SMILES string of the molecule is CCCCN(C)C(=NC)NCCN(C)Cc1ccccc1. The lowest BCUT2D eigenvalue weighted by molar-refractivity contribution is 0.328. The molecular formula is C17H30N4. The van der Waals surface area contributed by atoms with Crippen molar-refractivity contribution in [2.45, 2.75) is 26.3 Å². The summed E-state index contributed by atoms with van der Waals surface area (Å²) in [6.07, 6.45) is 2.41. The predicted octanol–water partition coefficient (Wildman–Crippen LogP) is 2.43. The summed E-state index contributed by atoms with van der Waals surface area (Å²) in [7, 11) is 6.09. The predicted molar refractivity (Wildman–Crippen MR) is 91.7 cm³/mol. The Balaban J connectivity index is 2.28. The van der Waals surface area contributed by atoms with Crippen molar-refractivity contribution in [3.05, 3.63) is 35.9 Å². The number of rotatable bonds is 8. The van der Waals surface area contributed by atoms with Crippen molar-refractivity contribution < 1.29 is 0 Å². The summed E-state index contributed by atoms with van der Waals surface area (Å²) in [5.74, 6) is 0.983. The Morgan fingerprint density at radius 1 is 1.14 bits per heavy atom. The van der Waals surface area contributed by atoms with E-state index < -0.39 is 0 Å². The molecule has 4 nitrogen and oxygen atoms in total. The maximum atomic E-state index is 4.33. The van der Waals surface area contributed by atoms with Crippen molar-refractivity contribution in [3.63, 3.8) is 0 Å². The Labute approximate surface area is 129 Å². The zero-order valence-electron chi connectivity index (χ0n) is 14.0. The van der Waals surface area contributed by atoms with Crippen LogP contribution in [0.2, 0.25) is 0 Å². The van der Waals surface area contributed by atoms with Gasteiger partial charge in [-0.2, -0.15) is 0 Å². The lowest BCUT2D eigenvalue weighted by atomic mass is 10.2. The third-order valence-electron chi connectivity index (χ3n) is 3.49. The molecule has 0 aromatic heterocycles. The number of hydrogen-bond donors (Lipinski definition) is 1. The van der Waals surface area contributed by atoms with Gasteiger partial charge in [-0.05, 0) is 19.0 Å². The smallest absolute Gasteiger partial charge is 0.193 e. The molecule has 1 aromatic carbocycles. The van der Waals surface area contributed by atoms with Gasteiger partial charge in [-0.25, -0.2) is 0 Å². The highest BCUT2D eigenvalue weighted by Crippen LogP contribution is 2.01. The van der Waals surface area contributed by atoms with Crippen LogP contribution in [0.5, 0.6) is 0 Å². The summed E-state index contributed by atoms with van der Waals surface area (Å²) in [5.41, 5.74) is 1.35. The Hall–Kier alpha value is -1.55. The second-order valence-electron chi connectivity index (χ2n) is 5.47. The molecule has 0 aliphatic carbocycles. The normalized spacial score (nSPS) is 11.8. The van der Waals surface area contributed by atoms with E-state index in [9.17, 15) is 0 Å². The van der Waals surface area contributed by atoms with Gasteiger partial charge in [-0.1, -0.05) is 43.7 Å². The molecule has 1 rings (SSSR count). The number of aliphatic imine (C=N–C) groups is 1. The van der Waals surface area contributed by atoms with Gasteiger partial charge in [-0.3, -0.25) is 4.99 Å². The topological polar surface area (TPSA) is 30.9 Å². The summed E-state index contributed by atoms with van der Waals surface area (Å²) in [6.45, 7) is 6.15. The number of guanidine groups is 1. The van der Waals surface area contributed by atoms with Gasteiger partial charge >= 0.3 is 0 Å². The molecule has 0 spiro atoms. The highest BCUT2D eigenvalue weighted by Gasteiger charge is 2.05. The zero-order valence-corrected chi connectivity index (χ0v) is 14.0. The largest absolute Gasteiger partial charge is 0.355 e. The van der Waals surface area contributed by atoms with Crippen molar-refractivity contribution in [2.24, 2.45) is 4.99 Å². The van der Waals surface area contributed by atoms with Gasteiger partial charge in [0.05, 0.1) is 0 Å². The summed E-state index contributed by atoms with van der Waals surface area (Å²) < 4.78 is 0. The number of unbranched alkanes of at least 4 members (excludes halogenated alkanes) is 1. The van der Waals surface area contributed by atoms with E-state index in [0.717, 1.165) is 32.1 Å². The Morgan fingerprint density at radius 2 is 1.86 bits per heavy atom. The molecule has 0 atom stereocenters. The number of likely N-dealkylation sites (N-methyl/N-ethyl adjacent to an activating group) is 1. The minimum atomic E-state index is 0.909. The van der Waals surface area contributed by atoms with Gasteiger partial charge < -0.3 is 15.1 Å². The minimum Gasteiger partial charge on any atom is -0.355 e. The first-order valence-electron chi connectivity index (χ1n) is 7.81. The van der Waals surface area contributed by atoms with Crippen LogP contribution in [0.4, 0.5) is 0 Å². The molecule has 118 valence electrons. The molecule has 0 amide bonds. The first-order chi connectivity index (χ1) is 10.2. The van der Waals surface area contributed by atoms with Gasteiger partial charge in [0, 0.05) is 40.3 Å². The average molecular weight is 290 g/mol. The lowest BCUT2D eigenvalue weighted by Crippen LogP contribution is -2.42. The highest BCUT2D eigenvalue weighted by molar-refractivity contribution is 5.79. The molecule has 0 saturated heterocycles. The summed E-state index contributed by atoms with van der Waals surface area (Å²) >= 11 is 0. The van der Waals surface area contributed by atoms with Crippen molar-refractivity contribution in [2.75, 3.05) is 40.8 Å². The standard InChI is InChI=1S/C17H30N4/c1-5-6-13-21(4)17(18-2)19-12-14-20(3)15-16-10-8-7-9-11-16/h7-11H,5-6,12-15H2,1-4H3,(H,18,19). The number of hydrogen-bond acceptors (Lipinski definition) is 2.